The van der Waals surface area contributed by atoms with E-state index in [4.69, 9.17) is 0 Å². The average Bonchev–Trinajstić information content (AvgIpc) is 3.20. The maximum atomic E-state index is 11.8. The Hall–Kier alpha value is -5.79. The van der Waals surface area contributed by atoms with Gasteiger partial charge in [0.15, 0.2) is 34.7 Å². The van der Waals surface area contributed by atoms with Gasteiger partial charge in [0, 0.05) is 59.2 Å². The Labute approximate surface area is 322 Å². The van der Waals surface area contributed by atoms with Crippen LogP contribution in [0.15, 0.2) is 182 Å². The summed E-state index contributed by atoms with van der Waals surface area (Å²) in [4.78, 5) is 70.8. The fraction of sp³-hybridized carbons (Fsp3) is 0.0667. The number of rotatable bonds is 12. The number of hydrogen-bond donors (Lipinski definition) is 0. The SMILES string of the molecule is O=C(CC(=O)c1ccccc1)c1ccccc1.O=C(CC(=O)c1ccccc1)c1ccccc1.O=C(CC(=O)c1ccccc1)c1ccccc1.[In]. The molecule has 0 aromatic heterocycles. The minimum atomic E-state index is -0.139. The zero-order chi connectivity index (χ0) is 36.3. The normalized spacial score (nSPS) is 9.69. The molecule has 0 saturated heterocycles. The first-order valence-corrected chi connectivity index (χ1v) is 16.3. The first kappa shape index (κ1) is 40.6. The molecule has 6 rings (SSSR count). The second-order valence-electron chi connectivity index (χ2n) is 11.3. The summed E-state index contributed by atoms with van der Waals surface area (Å²) in [5.74, 6) is -0.836. The average molecular weight is 788 g/mol. The molecule has 0 heterocycles. The number of carbonyl (C=O) groups excluding carboxylic acids is 6. The van der Waals surface area contributed by atoms with Gasteiger partial charge in [-0.1, -0.05) is 182 Å². The maximum Gasteiger partial charge on any atom is 0.170 e. The molecule has 0 N–H and O–H groups in total. The van der Waals surface area contributed by atoms with Crippen LogP contribution in [0.4, 0.5) is 0 Å². The van der Waals surface area contributed by atoms with Gasteiger partial charge in [0.05, 0.1) is 19.3 Å². The van der Waals surface area contributed by atoms with Crippen molar-refractivity contribution in [2.24, 2.45) is 0 Å². The van der Waals surface area contributed by atoms with Gasteiger partial charge in [-0.2, -0.15) is 0 Å². The van der Waals surface area contributed by atoms with Gasteiger partial charge in [-0.25, -0.2) is 0 Å². The topological polar surface area (TPSA) is 102 Å². The van der Waals surface area contributed by atoms with Crippen molar-refractivity contribution < 1.29 is 28.8 Å². The standard InChI is InChI=1S/3C15H12O2.In/c3*16-14(12-7-3-1-4-8-12)11-15(17)13-9-5-2-6-10-13;/h3*1-10H,11H2;. The zero-order valence-electron chi connectivity index (χ0n) is 28.5. The third-order valence-electron chi connectivity index (χ3n) is 7.54. The number of carbonyl (C=O) groups is 6. The van der Waals surface area contributed by atoms with E-state index < -0.39 is 0 Å². The Balaban J connectivity index is 0.000000208. The van der Waals surface area contributed by atoms with Gasteiger partial charge in [-0.3, -0.25) is 28.8 Å². The van der Waals surface area contributed by atoms with Crippen LogP contribution in [0.2, 0.25) is 0 Å². The molecule has 3 radical (unpaired) electrons. The van der Waals surface area contributed by atoms with Crippen LogP contribution in [0.25, 0.3) is 0 Å². The molecule has 0 saturated carbocycles. The van der Waals surface area contributed by atoms with E-state index in [-0.39, 0.29) is 79.8 Å². The molecule has 0 spiro atoms. The predicted molar refractivity (Wildman–Crippen MR) is 204 cm³/mol. The summed E-state index contributed by atoms with van der Waals surface area (Å²) in [6, 6.07) is 53.2. The van der Waals surface area contributed by atoms with E-state index in [1.165, 1.54) is 0 Å². The van der Waals surface area contributed by atoms with E-state index in [1.807, 2.05) is 36.4 Å². The predicted octanol–water partition coefficient (Wildman–Crippen LogP) is 9.05. The van der Waals surface area contributed by atoms with Gasteiger partial charge in [0.1, 0.15) is 0 Å². The van der Waals surface area contributed by atoms with Crippen molar-refractivity contribution in [3.05, 3.63) is 215 Å². The fourth-order valence-corrected chi connectivity index (χ4v) is 4.79. The summed E-state index contributed by atoms with van der Waals surface area (Å²) >= 11 is 0. The molecule has 6 aromatic rings. The summed E-state index contributed by atoms with van der Waals surface area (Å²) in [6.45, 7) is 0. The zero-order valence-corrected chi connectivity index (χ0v) is 31.8. The molecule has 0 amide bonds. The van der Waals surface area contributed by atoms with Crippen molar-refractivity contribution in [1.29, 1.82) is 0 Å². The monoisotopic (exact) mass is 787 g/mol. The molecule has 6 aromatic carbocycles. The molecule has 6 nitrogen and oxygen atoms in total. The molecule has 0 aliphatic rings. The third-order valence-corrected chi connectivity index (χ3v) is 7.54. The van der Waals surface area contributed by atoms with E-state index in [0.29, 0.717) is 33.4 Å². The van der Waals surface area contributed by atoms with E-state index >= 15 is 0 Å². The second-order valence-corrected chi connectivity index (χ2v) is 11.3. The van der Waals surface area contributed by atoms with Gasteiger partial charge >= 0.3 is 0 Å². The van der Waals surface area contributed by atoms with Gasteiger partial charge in [-0.15, -0.1) is 0 Å². The third kappa shape index (κ3) is 13.5. The second kappa shape index (κ2) is 22.1. The van der Waals surface area contributed by atoms with Crippen LogP contribution in [-0.4, -0.2) is 60.5 Å². The minimum absolute atomic E-state index is 0. The Morgan fingerprint density at radius 3 is 0.462 bits per heavy atom. The summed E-state index contributed by atoms with van der Waals surface area (Å²) in [7, 11) is 0. The van der Waals surface area contributed by atoms with Crippen molar-refractivity contribution >= 4 is 60.5 Å². The number of benzene rings is 6. The Bertz CT molecular complexity index is 1640. The van der Waals surface area contributed by atoms with Crippen LogP contribution in [-0.2, 0) is 0 Å². The van der Waals surface area contributed by atoms with Crippen molar-refractivity contribution in [3.8, 4) is 0 Å². The summed E-state index contributed by atoms with van der Waals surface area (Å²) in [6.07, 6.45) is -0.226. The van der Waals surface area contributed by atoms with Gasteiger partial charge in [0.2, 0.25) is 0 Å². The Morgan fingerprint density at radius 1 is 0.231 bits per heavy atom. The van der Waals surface area contributed by atoms with Crippen LogP contribution in [0.3, 0.4) is 0 Å². The maximum absolute atomic E-state index is 11.8. The molecule has 0 fully saturated rings. The minimum Gasteiger partial charge on any atom is -0.294 e. The molecule has 7 heteroatoms. The Morgan fingerprint density at radius 2 is 0.346 bits per heavy atom. The number of ketones is 6. The molecule has 0 aliphatic carbocycles. The molecule has 255 valence electrons. The number of Topliss-reactive ketones (excluding diaryl/α,β-unsaturated/α-hetero) is 6. The first-order chi connectivity index (χ1) is 24.8. The summed E-state index contributed by atoms with van der Waals surface area (Å²) < 4.78 is 0. The molecule has 0 bridgehead atoms. The molecular weight excluding hydrogens is 751 g/mol. The van der Waals surface area contributed by atoms with E-state index in [1.54, 1.807) is 146 Å². The van der Waals surface area contributed by atoms with Gasteiger partial charge in [0.25, 0.3) is 0 Å². The Kier molecular flexibility index (Phi) is 17.3. The van der Waals surface area contributed by atoms with Crippen LogP contribution in [0.1, 0.15) is 81.4 Å². The summed E-state index contributed by atoms with van der Waals surface area (Å²) in [5.41, 5.74) is 3.48. The van der Waals surface area contributed by atoms with Crippen molar-refractivity contribution in [1.82, 2.24) is 0 Å². The van der Waals surface area contributed by atoms with E-state index in [9.17, 15) is 28.8 Å². The fourth-order valence-electron chi connectivity index (χ4n) is 4.79. The molecule has 0 unspecified atom stereocenters. The largest absolute Gasteiger partial charge is 0.294 e. The molecule has 52 heavy (non-hydrogen) atoms. The number of hydrogen-bond acceptors (Lipinski definition) is 6. The van der Waals surface area contributed by atoms with Crippen LogP contribution < -0.4 is 0 Å². The molecule has 0 aliphatic heterocycles. The van der Waals surface area contributed by atoms with Gasteiger partial charge < -0.3 is 0 Å². The van der Waals surface area contributed by atoms with Crippen molar-refractivity contribution in [3.63, 3.8) is 0 Å². The van der Waals surface area contributed by atoms with Crippen LogP contribution in [0.5, 0.6) is 0 Å². The smallest absolute Gasteiger partial charge is 0.170 e. The van der Waals surface area contributed by atoms with Crippen molar-refractivity contribution in [2.75, 3.05) is 0 Å². The first-order valence-electron chi connectivity index (χ1n) is 16.3. The van der Waals surface area contributed by atoms with Crippen molar-refractivity contribution in [2.45, 2.75) is 19.3 Å². The summed E-state index contributed by atoms with van der Waals surface area (Å²) in [5, 5.41) is 0. The van der Waals surface area contributed by atoms with E-state index in [2.05, 4.69) is 0 Å². The van der Waals surface area contributed by atoms with Crippen LogP contribution in [0, 0.1) is 0 Å². The molecular formula is C45H36InO6. The van der Waals surface area contributed by atoms with Crippen LogP contribution >= 0.6 is 0 Å². The molecule has 0 atom stereocenters. The van der Waals surface area contributed by atoms with Gasteiger partial charge in [-0.05, 0) is 0 Å². The van der Waals surface area contributed by atoms with E-state index in [0.717, 1.165) is 0 Å². The quantitative estimate of drug-likeness (QED) is 0.0907.